The Hall–Kier alpha value is -3.19. The molecule has 7 nitrogen and oxygen atoms in total. The molecule has 0 saturated carbocycles. The fraction of sp³-hybridized carbons (Fsp3) is 0.375. The summed E-state index contributed by atoms with van der Waals surface area (Å²) >= 11 is 0. The minimum absolute atomic E-state index is 0. The van der Waals surface area contributed by atoms with E-state index in [0.717, 1.165) is 59.6 Å². The van der Waals surface area contributed by atoms with Crippen molar-refractivity contribution in [3.8, 4) is 11.3 Å². The highest BCUT2D eigenvalue weighted by Crippen LogP contribution is 2.29. The first-order valence-corrected chi connectivity index (χ1v) is 10.5. The van der Waals surface area contributed by atoms with E-state index in [4.69, 9.17) is 0 Å². The molecule has 4 rings (SSSR count). The fourth-order valence-corrected chi connectivity index (χ4v) is 3.81. The molecule has 0 spiro atoms. The van der Waals surface area contributed by atoms with Crippen LogP contribution in [0.15, 0.2) is 36.5 Å². The zero-order valence-electron chi connectivity index (χ0n) is 17.7. The van der Waals surface area contributed by atoms with Crippen LogP contribution in [0.25, 0.3) is 33.3 Å². The molecular formula is C24H32N6O. The summed E-state index contributed by atoms with van der Waals surface area (Å²) in [4.78, 5) is 30.4. The molecule has 31 heavy (non-hydrogen) atoms. The lowest BCUT2D eigenvalue weighted by Gasteiger charge is -2.17. The number of nitrogens with zero attached hydrogens (tertiary/aromatic N) is 3. The van der Waals surface area contributed by atoms with Crippen molar-refractivity contribution < 1.29 is 4.79 Å². The van der Waals surface area contributed by atoms with Gasteiger partial charge in [0.2, 0.25) is 0 Å². The third kappa shape index (κ3) is 4.77. The average molecular weight is 421 g/mol. The van der Waals surface area contributed by atoms with Gasteiger partial charge in [0.05, 0.1) is 5.52 Å². The number of aromatic nitrogens is 4. The highest BCUT2D eigenvalue weighted by atomic mass is 16.1. The molecule has 0 aliphatic carbocycles. The molecule has 0 unspecified atom stereocenters. The number of hydrogen-bond donors (Lipinski definition) is 3. The lowest BCUT2D eigenvalue weighted by Crippen LogP contribution is -2.29. The van der Waals surface area contributed by atoms with Gasteiger partial charge in [-0.25, -0.2) is 9.97 Å². The number of hydrogen-bond acceptors (Lipinski definition) is 4. The van der Waals surface area contributed by atoms with Crippen LogP contribution in [-0.2, 0) is 0 Å². The number of carbonyl (C=O) groups is 1. The predicted molar refractivity (Wildman–Crippen MR) is 127 cm³/mol. The van der Waals surface area contributed by atoms with Crippen LogP contribution in [0.4, 0.5) is 0 Å². The number of amides is 1. The lowest BCUT2D eigenvalue weighted by molar-refractivity contribution is 0.0952. The molecule has 1 aromatic carbocycles. The summed E-state index contributed by atoms with van der Waals surface area (Å²) in [5, 5.41) is 4.09. The summed E-state index contributed by atoms with van der Waals surface area (Å²) < 4.78 is 0. The van der Waals surface area contributed by atoms with Crippen LogP contribution >= 0.6 is 0 Å². The van der Waals surface area contributed by atoms with Gasteiger partial charge < -0.3 is 20.2 Å². The Morgan fingerprint density at radius 3 is 2.71 bits per heavy atom. The van der Waals surface area contributed by atoms with Gasteiger partial charge >= 0.3 is 0 Å². The van der Waals surface area contributed by atoms with Gasteiger partial charge in [-0.05, 0) is 57.2 Å². The maximum atomic E-state index is 12.6. The summed E-state index contributed by atoms with van der Waals surface area (Å²) in [6.45, 7) is 10.00. The molecule has 0 aliphatic rings. The number of benzene rings is 1. The molecular weight excluding hydrogens is 388 g/mol. The largest absolute Gasteiger partial charge is 0.354 e. The topological polar surface area (TPSA) is 89.7 Å². The van der Waals surface area contributed by atoms with Crippen LogP contribution in [0, 0.1) is 6.92 Å². The number of imidazole rings is 1. The molecule has 0 saturated heterocycles. The molecule has 3 N–H and O–H groups in total. The minimum Gasteiger partial charge on any atom is -0.354 e. The van der Waals surface area contributed by atoms with E-state index in [0.29, 0.717) is 17.8 Å². The normalized spacial score (nSPS) is 11.2. The van der Waals surface area contributed by atoms with Gasteiger partial charge in [0.15, 0.2) is 5.65 Å². The van der Waals surface area contributed by atoms with E-state index < -0.39 is 0 Å². The van der Waals surface area contributed by atoms with E-state index in [1.807, 2.05) is 31.2 Å². The van der Waals surface area contributed by atoms with Crippen molar-refractivity contribution >= 4 is 28.0 Å². The van der Waals surface area contributed by atoms with Gasteiger partial charge in [-0.15, -0.1) is 0 Å². The molecule has 0 atom stereocenters. The van der Waals surface area contributed by atoms with E-state index in [9.17, 15) is 4.79 Å². The van der Waals surface area contributed by atoms with Crippen LogP contribution in [0.1, 0.15) is 43.9 Å². The molecule has 0 fully saturated rings. The Balaban J connectivity index is 0.00000272. The molecule has 1 amide bonds. The second-order valence-corrected chi connectivity index (χ2v) is 7.50. The van der Waals surface area contributed by atoms with Crippen molar-refractivity contribution in [3.05, 3.63) is 47.9 Å². The number of aromatic amines is 2. The third-order valence-corrected chi connectivity index (χ3v) is 5.52. The first-order chi connectivity index (χ1) is 14.6. The molecule has 3 heterocycles. The summed E-state index contributed by atoms with van der Waals surface area (Å²) in [6, 6.07) is 9.83. The lowest BCUT2D eigenvalue weighted by atomic mass is 10.1. The monoisotopic (exact) mass is 420 g/mol. The first-order valence-electron chi connectivity index (χ1n) is 10.5. The van der Waals surface area contributed by atoms with E-state index in [-0.39, 0.29) is 13.3 Å². The van der Waals surface area contributed by atoms with E-state index in [1.54, 1.807) is 6.20 Å². The Kier molecular flexibility index (Phi) is 7.07. The smallest absolute Gasteiger partial charge is 0.251 e. The Bertz CT molecular complexity index is 1170. The van der Waals surface area contributed by atoms with Crippen molar-refractivity contribution in [1.29, 1.82) is 0 Å². The molecule has 0 radical (unpaired) electrons. The van der Waals surface area contributed by atoms with Gasteiger partial charge in [-0.2, -0.15) is 0 Å². The van der Waals surface area contributed by atoms with E-state index in [1.165, 1.54) is 0 Å². The number of aryl methyl sites for hydroxylation is 1. The molecule has 4 aromatic rings. The van der Waals surface area contributed by atoms with Crippen molar-refractivity contribution in [1.82, 2.24) is 30.2 Å². The van der Waals surface area contributed by atoms with E-state index in [2.05, 4.69) is 50.1 Å². The second-order valence-electron chi connectivity index (χ2n) is 7.50. The standard InChI is InChI=1S/C23H28N6O.CH4/c1-4-29(5-2)12-6-10-25-23(30)17-8-7-16-13-20(28-19(16)14-17)18-9-11-24-22-21(18)26-15(3)27-22;/h7-9,11,13-14,28H,4-6,10,12H2,1-3H3,(H,25,30)(H,24,26,27);1H4. The predicted octanol–water partition coefficient (Wildman–Crippen LogP) is 4.51. The summed E-state index contributed by atoms with van der Waals surface area (Å²) in [7, 11) is 0. The number of H-pyrrole nitrogens is 2. The minimum atomic E-state index is -0.0388. The molecule has 164 valence electrons. The molecule has 3 aromatic heterocycles. The number of carbonyl (C=O) groups excluding carboxylic acids is 1. The zero-order valence-corrected chi connectivity index (χ0v) is 17.7. The van der Waals surface area contributed by atoms with Crippen LogP contribution < -0.4 is 5.32 Å². The van der Waals surface area contributed by atoms with Crippen molar-refractivity contribution in [2.24, 2.45) is 0 Å². The van der Waals surface area contributed by atoms with Crippen LogP contribution in [-0.4, -0.2) is 56.9 Å². The van der Waals surface area contributed by atoms with Crippen molar-refractivity contribution in [2.45, 2.75) is 34.6 Å². The maximum absolute atomic E-state index is 12.6. The fourth-order valence-electron chi connectivity index (χ4n) is 3.81. The second kappa shape index (κ2) is 9.75. The van der Waals surface area contributed by atoms with Crippen molar-refractivity contribution in [3.63, 3.8) is 0 Å². The number of pyridine rings is 1. The Labute approximate surface area is 183 Å². The van der Waals surface area contributed by atoms with Crippen LogP contribution in [0.5, 0.6) is 0 Å². The summed E-state index contributed by atoms with van der Waals surface area (Å²) in [5.41, 5.74) is 5.19. The number of rotatable bonds is 8. The highest BCUT2D eigenvalue weighted by molar-refractivity contribution is 6.00. The average Bonchev–Trinajstić information content (AvgIpc) is 3.35. The van der Waals surface area contributed by atoms with E-state index >= 15 is 0 Å². The molecule has 0 bridgehead atoms. The first kappa shape index (κ1) is 22.5. The summed E-state index contributed by atoms with van der Waals surface area (Å²) in [5.74, 6) is 0.795. The van der Waals surface area contributed by atoms with Crippen LogP contribution in [0.3, 0.4) is 0 Å². The van der Waals surface area contributed by atoms with Gasteiger partial charge in [-0.3, -0.25) is 4.79 Å². The van der Waals surface area contributed by atoms with Gasteiger partial charge in [0.1, 0.15) is 5.82 Å². The van der Waals surface area contributed by atoms with Crippen molar-refractivity contribution in [2.75, 3.05) is 26.2 Å². The molecule has 0 aliphatic heterocycles. The van der Waals surface area contributed by atoms with Crippen LogP contribution in [0.2, 0.25) is 0 Å². The number of nitrogens with one attached hydrogen (secondary N) is 3. The zero-order chi connectivity index (χ0) is 21.1. The van der Waals surface area contributed by atoms with Gasteiger partial charge in [0.25, 0.3) is 5.91 Å². The summed E-state index contributed by atoms with van der Waals surface area (Å²) in [6.07, 6.45) is 2.71. The Morgan fingerprint density at radius 1 is 1.13 bits per heavy atom. The third-order valence-electron chi connectivity index (χ3n) is 5.52. The Morgan fingerprint density at radius 2 is 1.94 bits per heavy atom. The van der Waals surface area contributed by atoms with Gasteiger partial charge in [0, 0.05) is 40.5 Å². The van der Waals surface area contributed by atoms with Gasteiger partial charge in [-0.1, -0.05) is 27.3 Å². The quantitative estimate of drug-likeness (QED) is 0.366. The number of fused-ring (bicyclic) bond motifs is 2. The SMILES string of the molecule is C.CCN(CC)CCCNC(=O)c1ccc2cc(-c3ccnc4nc(C)[nH]c34)[nH]c2c1. The highest BCUT2D eigenvalue weighted by Gasteiger charge is 2.12. The molecule has 7 heteroatoms. The maximum Gasteiger partial charge on any atom is 0.251 e.